The molecule has 170 valence electrons. The standard InChI is InChI=1S/C23H28N4O2S3/c1-3-4-5-6-9-27-22(29)18(32-23(27)30)15-17-20(25-11-13-31-14-12-25)24-19-16(2)8-7-10-26(19)21(17)28/h7-8,10,15H,3-6,9,11-14H2,1-2H3/b18-15-. The molecule has 1 amide bonds. The molecule has 9 heteroatoms. The van der Waals surface area contributed by atoms with Crippen LogP contribution in [0.5, 0.6) is 0 Å². The number of rotatable bonds is 7. The van der Waals surface area contributed by atoms with Gasteiger partial charge in [0, 0.05) is 37.3 Å². The summed E-state index contributed by atoms with van der Waals surface area (Å²) < 4.78 is 2.15. The largest absolute Gasteiger partial charge is 0.354 e. The molecule has 4 heterocycles. The molecule has 0 atom stereocenters. The highest BCUT2D eigenvalue weighted by Crippen LogP contribution is 2.34. The molecule has 2 aliphatic heterocycles. The fraction of sp³-hybridized carbons (Fsp3) is 0.478. The molecule has 2 saturated heterocycles. The summed E-state index contributed by atoms with van der Waals surface area (Å²) in [4.78, 5) is 35.9. The Labute approximate surface area is 202 Å². The van der Waals surface area contributed by atoms with Gasteiger partial charge >= 0.3 is 0 Å². The molecule has 0 unspecified atom stereocenters. The van der Waals surface area contributed by atoms with Crippen molar-refractivity contribution in [2.75, 3.05) is 36.0 Å². The average molecular weight is 489 g/mol. The number of thiocarbonyl (C=S) groups is 1. The maximum absolute atomic E-state index is 13.5. The van der Waals surface area contributed by atoms with Crippen molar-refractivity contribution in [2.24, 2.45) is 0 Å². The van der Waals surface area contributed by atoms with Crippen LogP contribution in [0.3, 0.4) is 0 Å². The zero-order valence-electron chi connectivity index (χ0n) is 18.5. The van der Waals surface area contributed by atoms with Gasteiger partial charge < -0.3 is 4.90 Å². The maximum Gasteiger partial charge on any atom is 0.267 e. The summed E-state index contributed by atoms with van der Waals surface area (Å²) >= 11 is 8.68. The van der Waals surface area contributed by atoms with E-state index in [4.69, 9.17) is 17.2 Å². The first kappa shape index (κ1) is 23.3. The van der Waals surface area contributed by atoms with E-state index in [-0.39, 0.29) is 11.5 Å². The van der Waals surface area contributed by atoms with Gasteiger partial charge in [-0.3, -0.25) is 18.9 Å². The van der Waals surface area contributed by atoms with Crippen LogP contribution in [0.4, 0.5) is 5.82 Å². The normalized spacial score (nSPS) is 18.4. The second-order valence-corrected chi connectivity index (χ2v) is 10.9. The van der Waals surface area contributed by atoms with Gasteiger partial charge in [-0.05, 0) is 31.1 Å². The molecular formula is C23H28N4O2S3. The van der Waals surface area contributed by atoms with Gasteiger partial charge in [0.1, 0.15) is 15.8 Å². The Balaban J connectivity index is 1.74. The Hall–Kier alpha value is -1.84. The molecule has 0 N–H and O–H groups in total. The van der Waals surface area contributed by atoms with Crippen molar-refractivity contribution in [3.8, 4) is 0 Å². The fourth-order valence-corrected chi connectivity index (χ4v) is 6.16. The highest BCUT2D eigenvalue weighted by Gasteiger charge is 2.32. The first-order chi connectivity index (χ1) is 15.5. The molecule has 0 spiro atoms. The van der Waals surface area contributed by atoms with Crippen LogP contribution < -0.4 is 10.5 Å². The van der Waals surface area contributed by atoms with Gasteiger partial charge in [0.25, 0.3) is 11.5 Å². The number of anilines is 1. The Morgan fingerprint density at radius 3 is 2.72 bits per heavy atom. The lowest BCUT2D eigenvalue weighted by molar-refractivity contribution is -0.122. The van der Waals surface area contributed by atoms with E-state index in [0.717, 1.165) is 55.8 Å². The van der Waals surface area contributed by atoms with E-state index in [1.165, 1.54) is 11.8 Å². The summed E-state index contributed by atoms with van der Waals surface area (Å²) in [5.74, 6) is 2.55. The van der Waals surface area contributed by atoms with Crippen molar-refractivity contribution in [1.29, 1.82) is 0 Å². The smallest absolute Gasteiger partial charge is 0.267 e. The predicted molar refractivity (Wildman–Crippen MR) is 140 cm³/mol. The van der Waals surface area contributed by atoms with Crippen LogP contribution in [0.15, 0.2) is 28.0 Å². The summed E-state index contributed by atoms with van der Waals surface area (Å²) in [6, 6.07) is 3.81. The predicted octanol–water partition coefficient (Wildman–Crippen LogP) is 4.34. The molecule has 32 heavy (non-hydrogen) atoms. The van der Waals surface area contributed by atoms with Gasteiger partial charge in [0.2, 0.25) is 0 Å². The van der Waals surface area contributed by atoms with Crippen LogP contribution in [-0.4, -0.2) is 55.7 Å². The number of hydrogen-bond acceptors (Lipinski definition) is 7. The maximum atomic E-state index is 13.5. The molecule has 2 aliphatic rings. The van der Waals surface area contributed by atoms with E-state index in [1.807, 2.05) is 30.8 Å². The Morgan fingerprint density at radius 1 is 1.19 bits per heavy atom. The SMILES string of the molecule is CCCCCCN1C(=O)/C(=C/c2c(N3CCSCC3)nc3c(C)cccn3c2=O)SC1=S. The number of amides is 1. The van der Waals surface area contributed by atoms with E-state index < -0.39 is 0 Å². The van der Waals surface area contributed by atoms with Gasteiger partial charge in [-0.1, -0.05) is 56.2 Å². The van der Waals surface area contributed by atoms with Crippen LogP contribution in [0.25, 0.3) is 11.7 Å². The van der Waals surface area contributed by atoms with Crippen LogP contribution in [0.1, 0.15) is 43.7 Å². The van der Waals surface area contributed by atoms with Crippen molar-refractivity contribution in [2.45, 2.75) is 39.5 Å². The van der Waals surface area contributed by atoms with E-state index in [0.29, 0.717) is 32.8 Å². The molecule has 4 rings (SSSR count). The minimum atomic E-state index is -0.153. The first-order valence-electron chi connectivity index (χ1n) is 11.1. The highest BCUT2D eigenvalue weighted by molar-refractivity contribution is 8.26. The number of aromatic nitrogens is 2. The van der Waals surface area contributed by atoms with Gasteiger partial charge in [0.05, 0.1) is 10.5 Å². The van der Waals surface area contributed by atoms with E-state index in [2.05, 4.69) is 11.8 Å². The lowest BCUT2D eigenvalue weighted by Crippen LogP contribution is -2.36. The Morgan fingerprint density at radius 2 is 1.97 bits per heavy atom. The number of nitrogens with zero attached hydrogens (tertiary/aromatic N) is 4. The van der Waals surface area contributed by atoms with Crippen molar-refractivity contribution < 1.29 is 4.79 Å². The molecule has 0 aliphatic carbocycles. The molecule has 0 saturated carbocycles. The van der Waals surface area contributed by atoms with Crippen molar-refractivity contribution in [3.63, 3.8) is 0 Å². The number of hydrogen-bond donors (Lipinski definition) is 0. The quantitative estimate of drug-likeness (QED) is 0.326. The third-order valence-electron chi connectivity index (χ3n) is 5.76. The minimum Gasteiger partial charge on any atom is -0.354 e. The fourth-order valence-electron chi connectivity index (χ4n) is 3.96. The van der Waals surface area contributed by atoms with Crippen LogP contribution in [0, 0.1) is 6.92 Å². The second-order valence-electron chi connectivity index (χ2n) is 8.03. The summed E-state index contributed by atoms with van der Waals surface area (Å²) in [6.07, 6.45) is 7.77. The van der Waals surface area contributed by atoms with Gasteiger partial charge in [-0.25, -0.2) is 4.98 Å². The third-order valence-corrected chi connectivity index (χ3v) is 8.08. The summed E-state index contributed by atoms with van der Waals surface area (Å²) in [5.41, 5.74) is 1.92. The van der Waals surface area contributed by atoms with Crippen molar-refractivity contribution in [1.82, 2.24) is 14.3 Å². The lowest BCUT2D eigenvalue weighted by Gasteiger charge is -2.29. The topological polar surface area (TPSA) is 57.9 Å². The lowest BCUT2D eigenvalue weighted by atomic mass is 10.2. The molecule has 2 fully saturated rings. The average Bonchev–Trinajstić information content (AvgIpc) is 3.06. The van der Waals surface area contributed by atoms with Crippen molar-refractivity contribution >= 4 is 63.5 Å². The molecule has 2 aromatic rings. The van der Waals surface area contributed by atoms with E-state index >= 15 is 0 Å². The second kappa shape index (κ2) is 10.4. The molecule has 0 radical (unpaired) electrons. The van der Waals surface area contributed by atoms with Gasteiger partial charge in [-0.2, -0.15) is 11.8 Å². The number of pyridine rings is 1. The molecular weight excluding hydrogens is 460 g/mol. The van der Waals surface area contributed by atoms with Crippen LogP contribution >= 0.6 is 35.7 Å². The molecule has 6 nitrogen and oxygen atoms in total. The van der Waals surface area contributed by atoms with E-state index in [9.17, 15) is 9.59 Å². The van der Waals surface area contributed by atoms with Crippen LogP contribution in [-0.2, 0) is 4.79 Å². The zero-order chi connectivity index (χ0) is 22.7. The first-order valence-corrected chi connectivity index (χ1v) is 13.5. The monoisotopic (exact) mass is 488 g/mol. The Bertz CT molecular complexity index is 1120. The summed E-state index contributed by atoms with van der Waals surface area (Å²) in [7, 11) is 0. The number of unbranched alkanes of at least 4 members (excludes halogenated alkanes) is 3. The van der Waals surface area contributed by atoms with Gasteiger partial charge in [-0.15, -0.1) is 0 Å². The number of carbonyl (C=O) groups is 1. The summed E-state index contributed by atoms with van der Waals surface area (Å²) in [6.45, 7) is 6.42. The minimum absolute atomic E-state index is 0.106. The number of thioether (sulfide) groups is 2. The molecule has 0 bridgehead atoms. The van der Waals surface area contributed by atoms with E-state index in [1.54, 1.807) is 21.6 Å². The molecule has 2 aromatic heterocycles. The number of aryl methyl sites for hydroxylation is 1. The summed E-state index contributed by atoms with van der Waals surface area (Å²) in [5, 5.41) is 0. The highest BCUT2D eigenvalue weighted by atomic mass is 32.2. The van der Waals surface area contributed by atoms with Crippen molar-refractivity contribution in [3.05, 3.63) is 44.7 Å². The Kier molecular flexibility index (Phi) is 7.58. The number of fused-ring (bicyclic) bond motifs is 1. The van der Waals surface area contributed by atoms with Crippen LogP contribution in [0.2, 0.25) is 0 Å². The third kappa shape index (κ3) is 4.75. The molecule has 0 aromatic carbocycles. The zero-order valence-corrected chi connectivity index (χ0v) is 21.0. The number of carbonyl (C=O) groups excluding carboxylic acids is 1. The van der Waals surface area contributed by atoms with Gasteiger partial charge in [0.15, 0.2) is 0 Å².